The van der Waals surface area contributed by atoms with Gasteiger partial charge in [-0.2, -0.15) is 0 Å². The molecule has 0 aromatic heterocycles. The van der Waals surface area contributed by atoms with Crippen molar-refractivity contribution >= 4 is 0 Å². The van der Waals surface area contributed by atoms with E-state index in [2.05, 4.69) is 13.8 Å². The lowest BCUT2D eigenvalue weighted by molar-refractivity contribution is 0.886. The van der Waals surface area contributed by atoms with E-state index in [1.165, 1.54) is 12.8 Å². The van der Waals surface area contributed by atoms with Crippen molar-refractivity contribution in [3.05, 3.63) is 7.43 Å². The smallest absolute Gasteiger partial charge is 0 e. The molecule has 0 aliphatic rings. The first-order chi connectivity index (χ1) is 1.91. The van der Waals surface area contributed by atoms with E-state index in [4.69, 9.17) is 0 Å². The van der Waals surface area contributed by atoms with Gasteiger partial charge in [0, 0.05) is 7.43 Å². The second-order valence-corrected chi connectivity index (χ2v) is 1.000. The van der Waals surface area contributed by atoms with Crippen LogP contribution in [0.5, 0.6) is 0 Å². The van der Waals surface area contributed by atoms with Gasteiger partial charge in [0.2, 0.25) is 0 Å². The van der Waals surface area contributed by atoms with Gasteiger partial charge in [-0.3, -0.25) is 0 Å². The monoisotopic (exact) mass is 70.1 g/mol. The fourth-order valence-electron chi connectivity index (χ4n) is 0. The summed E-state index contributed by atoms with van der Waals surface area (Å²) in [4.78, 5) is 0. The molecular formula is C5H10. The van der Waals surface area contributed by atoms with Gasteiger partial charge in [0.25, 0.3) is 0 Å². The van der Waals surface area contributed by atoms with Gasteiger partial charge < -0.3 is 0 Å². The number of hydrogen-bond donors (Lipinski definition) is 0. The molecule has 0 fully saturated rings. The third-order valence-corrected chi connectivity index (χ3v) is 0.500. The minimum Gasteiger partial charge on any atom is -0.0654 e. The van der Waals surface area contributed by atoms with E-state index in [0.29, 0.717) is 0 Å². The number of rotatable bonds is 1. The van der Waals surface area contributed by atoms with Crippen molar-refractivity contribution in [2.24, 2.45) is 0 Å². The van der Waals surface area contributed by atoms with Crippen LogP contribution in [0.4, 0.5) is 0 Å². The van der Waals surface area contributed by atoms with Crippen LogP contribution in [0.2, 0.25) is 0 Å². The Hall–Kier alpha value is 0. The van der Waals surface area contributed by atoms with Gasteiger partial charge in [0.05, 0.1) is 0 Å². The summed E-state index contributed by atoms with van der Waals surface area (Å²) in [5.74, 6) is 0. The van der Waals surface area contributed by atoms with E-state index in [0.717, 1.165) is 0 Å². The van der Waals surface area contributed by atoms with Gasteiger partial charge in [-0.1, -0.05) is 26.7 Å². The topological polar surface area (TPSA) is 0 Å². The van der Waals surface area contributed by atoms with Gasteiger partial charge in [0.15, 0.2) is 0 Å². The molecule has 0 aromatic carbocycles. The summed E-state index contributed by atoms with van der Waals surface area (Å²) in [6.45, 7) is 4.36. The molecule has 0 nitrogen and oxygen atoms in total. The minimum atomic E-state index is 0. The maximum absolute atomic E-state index is 2.18. The van der Waals surface area contributed by atoms with Gasteiger partial charge >= 0.3 is 0 Å². The highest BCUT2D eigenvalue weighted by molar-refractivity contribution is 4.12. The highest BCUT2D eigenvalue weighted by Crippen LogP contribution is 1.76. The van der Waals surface area contributed by atoms with Gasteiger partial charge in [-0.05, 0) is 0 Å². The molecule has 0 atom stereocenters. The summed E-state index contributed by atoms with van der Waals surface area (Å²) in [7, 11) is 0. The third-order valence-electron chi connectivity index (χ3n) is 0.500. The molecule has 30 valence electrons. The van der Waals surface area contributed by atoms with E-state index in [-0.39, 0.29) is 7.43 Å². The predicted octanol–water partition coefficient (Wildman–Crippen LogP) is 1.89. The molecular weight excluding hydrogens is 60.1 g/mol. The van der Waals surface area contributed by atoms with E-state index in [1.54, 1.807) is 0 Å². The fraction of sp³-hybridized carbons (Fsp3) is 0.800. The van der Waals surface area contributed by atoms with Gasteiger partial charge in [0.1, 0.15) is 0 Å². The second-order valence-electron chi connectivity index (χ2n) is 1.000. The first kappa shape index (κ1) is 8.89. The molecule has 0 rings (SSSR count). The molecule has 0 spiro atoms. The van der Waals surface area contributed by atoms with E-state index in [1.807, 2.05) is 0 Å². The van der Waals surface area contributed by atoms with Crippen LogP contribution in [-0.2, 0) is 0 Å². The summed E-state index contributed by atoms with van der Waals surface area (Å²) in [5, 5.41) is 0. The Balaban J connectivity index is 0. The van der Waals surface area contributed by atoms with E-state index >= 15 is 0 Å². The molecule has 4 radical (unpaired) electrons. The maximum Gasteiger partial charge on any atom is 0 e. The molecule has 0 unspecified atom stereocenters. The van der Waals surface area contributed by atoms with Crippen molar-refractivity contribution in [1.29, 1.82) is 0 Å². The second kappa shape index (κ2) is 9.00. The van der Waals surface area contributed by atoms with Crippen LogP contribution in [-0.4, -0.2) is 0 Å². The predicted molar refractivity (Wildman–Crippen MR) is 23.8 cm³/mol. The Bertz CT molecular complexity index is 2.00. The van der Waals surface area contributed by atoms with E-state index in [9.17, 15) is 0 Å². The summed E-state index contributed by atoms with van der Waals surface area (Å²) >= 11 is 0. The van der Waals surface area contributed by atoms with Crippen LogP contribution in [0, 0.1) is 7.43 Å². The molecule has 0 saturated carbocycles. The van der Waals surface area contributed by atoms with Crippen molar-refractivity contribution in [2.75, 3.05) is 0 Å². The fourth-order valence-corrected chi connectivity index (χ4v) is 0. The Morgan fingerprint density at radius 2 is 1.20 bits per heavy atom. The van der Waals surface area contributed by atoms with Crippen LogP contribution in [0.1, 0.15) is 26.7 Å². The summed E-state index contributed by atoms with van der Waals surface area (Å²) in [5.41, 5.74) is 0. The summed E-state index contributed by atoms with van der Waals surface area (Å²) in [6.07, 6.45) is 2.64. The van der Waals surface area contributed by atoms with Crippen LogP contribution >= 0.6 is 0 Å². The molecule has 0 aromatic rings. The zero-order valence-electron chi connectivity index (χ0n) is 3.91. The average molecular weight is 70.1 g/mol. The molecule has 0 N–H and O–H groups in total. The van der Waals surface area contributed by atoms with Crippen molar-refractivity contribution in [3.8, 4) is 0 Å². The normalized spacial score (nSPS) is 6.00. The maximum atomic E-state index is 2.18. The molecule has 0 amide bonds. The summed E-state index contributed by atoms with van der Waals surface area (Å²) < 4.78 is 0. The quantitative estimate of drug-likeness (QED) is 0.442. The number of unbranched alkanes of at least 4 members (excludes halogenated alkanes) is 1. The highest BCUT2D eigenvalue weighted by Gasteiger charge is 1.56. The minimum absolute atomic E-state index is 0. The van der Waals surface area contributed by atoms with Gasteiger partial charge in [-0.25, -0.2) is 0 Å². The van der Waals surface area contributed by atoms with Crippen LogP contribution in [0.25, 0.3) is 0 Å². The first-order valence-corrected chi connectivity index (χ1v) is 1.91. The van der Waals surface area contributed by atoms with Crippen molar-refractivity contribution < 1.29 is 0 Å². The van der Waals surface area contributed by atoms with Crippen LogP contribution in [0.3, 0.4) is 0 Å². The van der Waals surface area contributed by atoms with Crippen LogP contribution in [0.15, 0.2) is 0 Å². The molecule has 5 heavy (non-hydrogen) atoms. The standard InChI is InChI=1S/C4H10.C/c1-3-4-2;/h3-4H2,1-2H3;. The highest BCUT2D eigenvalue weighted by atomic mass is 13.6. The van der Waals surface area contributed by atoms with Crippen molar-refractivity contribution in [2.45, 2.75) is 26.7 Å². The molecule has 0 aliphatic heterocycles. The average Bonchev–Trinajstić information content (AvgIpc) is 1.37. The summed E-state index contributed by atoms with van der Waals surface area (Å²) in [6, 6.07) is 0. The lowest BCUT2D eigenvalue weighted by Gasteiger charge is -1.68. The number of hydrogen-bond acceptors (Lipinski definition) is 0. The lowest BCUT2D eigenvalue weighted by Crippen LogP contribution is -1.47. The first-order valence-electron chi connectivity index (χ1n) is 1.91. The van der Waals surface area contributed by atoms with E-state index < -0.39 is 0 Å². The van der Waals surface area contributed by atoms with Gasteiger partial charge in [-0.15, -0.1) is 0 Å². The molecule has 0 saturated heterocycles. The van der Waals surface area contributed by atoms with Crippen molar-refractivity contribution in [1.82, 2.24) is 0 Å². The molecule has 0 heteroatoms. The van der Waals surface area contributed by atoms with Crippen molar-refractivity contribution in [3.63, 3.8) is 0 Å². The van der Waals surface area contributed by atoms with Crippen LogP contribution < -0.4 is 0 Å². The zero-order chi connectivity index (χ0) is 3.41. The lowest BCUT2D eigenvalue weighted by atomic mass is 10.4. The zero-order valence-corrected chi connectivity index (χ0v) is 3.91. The Kier molecular flexibility index (Phi) is 16.0. The Labute approximate surface area is 35.2 Å². The molecule has 0 bridgehead atoms. The molecule has 0 heterocycles. The Morgan fingerprint density at radius 3 is 1.20 bits per heavy atom. The molecule has 0 aliphatic carbocycles. The SMILES string of the molecule is CCCC.[C]. The third kappa shape index (κ3) is 16.0. The largest absolute Gasteiger partial charge is 0.0654 e. The Morgan fingerprint density at radius 1 is 1.00 bits per heavy atom.